The molecule has 4 heteroatoms. The van der Waals surface area contributed by atoms with Crippen molar-refractivity contribution in [3.8, 4) is 0 Å². The Morgan fingerprint density at radius 3 is 2.29 bits per heavy atom. The van der Waals surface area contributed by atoms with E-state index in [0.29, 0.717) is 11.8 Å². The number of aryl methyl sites for hydroxylation is 2. The van der Waals surface area contributed by atoms with Gasteiger partial charge in [0, 0.05) is 29.4 Å². The van der Waals surface area contributed by atoms with Crippen LogP contribution in [0.15, 0.2) is 6.07 Å². The molecule has 0 aromatic carbocycles. The third-order valence-electron chi connectivity index (χ3n) is 3.45. The van der Waals surface area contributed by atoms with Crippen LogP contribution in [0.4, 0.5) is 0 Å². The molecule has 0 unspecified atom stereocenters. The lowest BCUT2D eigenvalue weighted by atomic mass is 9.84. The Kier molecular flexibility index (Phi) is 5.81. The van der Waals surface area contributed by atoms with Gasteiger partial charge in [-0.1, -0.05) is 13.8 Å². The third-order valence-corrected chi connectivity index (χ3v) is 4.58. The molecule has 0 atom stereocenters. The number of nitrogens with zero attached hydrogens (tertiary/aromatic N) is 2. The summed E-state index contributed by atoms with van der Waals surface area (Å²) in [5.74, 6) is 1.20. The Balaban J connectivity index is 2.95. The molecule has 1 rings (SSSR count). The van der Waals surface area contributed by atoms with Crippen molar-refractivity contribution < 1.29 is 0 Å². The Bertz CT molecular complexity index is 335. The van der Waals surface area contributed by atoms with Gasteiger partial charge in [-0.2, -0.15) is 5.10 Å². The van der Waals surface area contributed by atoms with Crippen LogP contribution in [-0.2, 0) is 19.4 Å². The lowest BCUT2D eigenvalue weighted by Crippen LogP contribution is -2.28. The molecule has 0 spiro atoms. The van der Waals surface area contributed by atoms with Crippen LogP contribution in [0.25, 0.3) is 0 Å². The third kappa shape index (κ3) is 3.38. The van der Waals surface area contributed by atoms with E-state index in [9.17, 15) is 0 Å². The number of hydrogen-bond donors (Lipinski definition) is 0. The first-order chi connectivity index (χ1) is 8.14. The molecule has 0 radical (unpaired) electrons. The molecule has 1 heterocycles. The SMILES string of the molecule is CCc1cc(CC(CC)(CCl)CCl)n(CC)n1. The second-order valence-corrected chi connectivity index (χ2v) is 5.13. The fourth-order valence-electron chi connectivity index (χ4n) is 1.93. The Hall–Kier alpha value is -0.210. The van der Waals surface area contributed by atoms with E-state index in [-0.39, 0.29) is 5.41 Å². The number of aromatic nitrogens is 2. The van der Waals surface area contributed by atoms with E-state index in [1.807, 2.05) is 0 Å². The minimum absolute atomic E-state index is 0.00107. The zero-order valence-corrected chi connectivity index (χ0v) is 12.5. The molecule has 0 N–H and O–H groups in total. The van der Waals surface area contributed by atoms with E-state index < -0.39 is 0 Å². The summed E-state index contributed by atoms with van der Waals surface area (Å²) in [5.41, 5.74) is 2.41. The lowest BCUT2D eigenvalue weighted by Gasteiger charge is -2.28. The monoisotopic (exact) mass is 276 g/mol. The van der Waals surface area contributed by atoms with E-state index in [2.05, 4.69) is 36.6 Å². The molecule has 0 saturated heterocycles. The summed E-state index contributed by atoms with van der Waals surface area (Å²) < 4.78 is 2.07. The Labute approximate surface area is 114 Å². The second kappa shape index (κ2) is 6.65. The highest BCUT2D eigenvalue weighted by molar-refractivity contribution is 6.21. The maximum Gasteiger partial charge on any atom is 0.0624 e. The van der Waals surface area contributed by atoms with E-state index in [1.165, 1.54) is 5.69 Å². The molecular weight excluding hydrogens is 255 g/mol. The molecule has 0 amide bonds. The molecule has 0 bridgehead atoms. The maximum atomic E-state index is 6.10. The highest BCUT2D eigenvalue weighted by atomic mass is 35.5. The Morgan fingerprint density at radius 2 is 1.88 bits per heavy atom. The van der Waals surface area contributed by atoms with Gasteiger partial charge in [0.1, 0.15) is 0 Å². The predicted octanol–water partition coefficient (Wildman–Crippen LogP) is 3.88. The average molecular weight is 277 g/mol. The highest BCUT2D eigenvalue weighted by Gasteiger charge is 2.28. The summed E-state index contributed by atoms with van der Waals surface area (Å²) >= 11 is 12.2. The van der Waals surface area contributed by atoms with Gasteiger partial charge < -0.3 is 0 Å². The molecule has 98 valence electrons. The molecule has 0 aliphatic heterocycles. The quantitative estimate of drug-likeness (QED) is 0.691. The predicted molar refractivity (Wildman–Crippen MR) is 75.1 cm³/mol. The van der Waals surface area contributed by atoms with Crippen molar-refractivity contribution in [3.63, 3.8) is 0 Å². The molecule has 1 aromatic rings. The molecule has 0 fully saturated rings. The fraction of sp³-hybridized carbons (Fsp3) is 0.769. The number of rotatable bonds is 7. The van der Waals surface area contributed by atoms with E-state index in [4.69, 9.17) is 23.2 Å². The van der Waals surface area contributed by atoms with Crippen LogP contribution in [0, 0.1) is 5.41 Å². The van der Waals surface area contributed by atoms with Crippen molar-refractivity contribution in [2.75, 3.05) is 11.8 Å². The van der Waals surface area contributed by atoms with Gasteiger partial charge in [-0.15, -0.1) is 23.2 Å². The van der Waals surface area contributed by atoms with Crippen molar-refractivity contribution in [1.29, 1.82) is 0 Å². The van der Waals surface area contributed by atoms with Crippen molar-refractivity contribution in [1.82, 2.24) is 9.78 Å². The summed E-state index contributed by atoms with van der Waals surface area (Å²) in [4.78, 5) is 0. The summed E-state index contributed by atoms with van der Waals surface area (Å²) in [7, 11) is 0. The number of alkyl halides is 2. The van der Waals surface area contributed by atoms with Crippen molar-refractivity contribution >= 4 is 23.2 Å². The first-order valence-corrected chi connectivity index (χ1v) is 7.39. The van der Waals surface area contributed by atoms with Crippen LogP contribution in [0.3, 0.4) is 0 Å². The summed E-state index contributed by atoms with van der Waals surface area (Å²) in [6.45, 7) is 7.30. The van der Waals surface area contributed by atoms with Crippen LogP contribution in [-0.4, -0.2) is 21.5 Å². The van der Waals surface area contributed by atoms with Crippen molar-refractivity contribution in [3.05, 3.63) is 17.5 Å². The molecule has 0 saturated carbocycles. The van der Waals surface area contributed by atoms with Crippen LogP contribution in [0.1, 0.15) is 38.6 Å². The van der Waals surface area contributed by atoms with E-state index in [1.54, 1.807) is 0 Å². The van der Waals surface area contributed by atoms with Crippen LogP contribution in [0.5, 0.6) is 0 Å². The molecule has 2 nitrogen and oxygen atoms in total. The van der Waals surface area contributed by atoms with E-state index in [0.717, 1.165) is 31.5 Å². The van der Waals surface area contributed by atoms with Crippen LogP contribution < -0.4 is 0 Å². The summed E-state index contributed by atoms with van der Waals surface area (Å²) in [5, 5.41) is 4.56. The van der Waals surface area contributed by atoms with Gasteiger partial charge in [0.15, 0.2) is 0 Å². The molecule has 17 heavy (non-hydrogen) atoms. The summed E-state index contributed by atoms with van der Waals surface area (Å²) in [6.07, 6.45) is 2.88. The van der Waals surface area contributed by atoms with E-state index >= 15 is 0 Å². The normalized spacial score (nSPS) is 12.1. The Morgan fingerprint density at radius 1 is 1.24 bits per heavy atom. The maximum absolute atomic E-state index is 6.10. The van der Waals surface area contributed by atoms with Gasteiger partial charge in [0.05, 0.1) is 5.69 Å². The number of hydrogen-bond acceptors (Lipinski definition) is 1. The summed E-state index contributed by atoms with van der Waals surface area (Å²) in [6, 6.07) is 2.19. The molecule has 0 aliphatic rings. The standard InChI is InChI=1S/C13H22Cl2N2/c1-4-11-7-12(17(6-3)16-11)8-13(5-2,9-14)10-15/h7H,4-6,8-10H2,1-3H3. The average Bonchev–Trinajstić information content (AvgIpc) is 2.78. The zero-order chi connectivity index (χ0) is 12.9. The van der Waals surface area contributed by atoms with Crippen LogP contribution in [0.2, 0.25) is 0 Å². The smallest absolute Gasteiger partial charge is 0.0624 e. The van der Waals surface area contributed by atoms with Gasteiger partial charge in [-0.25, -0.2) is 0 Å². The minimum Gasteiger partial charge on any atom is -0.270 e. The molecular formula is C13H22Cl2N2. The first kappa shape index (κ1) is 14.8. The topological polar surface area (TPSA) is 17.8 Å². The van der Waals surface area contributed by atoms with Crippen LogP contribution >= 0.6 is 23.2 Å². The molecule has 0 aliphatic carbocycles. The minimum atomic E-state index is 0.00107. The first-order valence-electron chi connectivity index (χ1n) is 6.32. The lowest BCUT2D eigenvalue weighted by molar-refractivity contribution is 0.349. The van der Waals surface area contributed by atoms with Gasteiger partial charge in [-0.3, -0.25) is 4.68 Å². The van der Waals surface area contributed by atoms with Gasteiger partial charge in [-0.05, 0) is 32.3 Å². The van der Waals surface area contributed by atoms with Gasteiger partial charge in [0.25, 0.3) is 0 Å². The van der Waals surface area contributed by atoms with Gasteiger partial charge in [0.2, 0.25) is 0 Å². The number of halogens is 2. The second-order valence-electron chi connectivity index (χ2n) is 4.59. The van der Waals surface area contributed by atoms with Crippen molar-refractivity contribution in [2.24, 2.45) is 5.41 Å². The zero-order valence-electron chi connectivity index (χ0n) is 11.0. The largest absolute Gasteiger partial charge is 0.270 e. The molecule has 1 aromatic heterocycles. The highest BCUT2D eigenvalue weighted by Crippen LogP contribution is 2.30. The fourth-order valence-corrected chi connectivity index (χ4v) is 2.78. The van der Waals surface area contributed by atoms with Crippen molar-refractivity contribution in [2.45, 2.75) is 46.6 Å². The van der Waals surface area contributed by atoms with Gasteiger partial charge >= 0.3 is 0 Å².